The third-order valence-corrected chi connectivity index (χ3v) is 4.43. The largest absolute Gasteiger partial charge is 0.462 e. The van der Waals surface area contributed by atoms with Gasteiger partial charge in [0.1, 0.15) is 23.2 Å². The molecule has 1 aromatic heterocycles. The van der Waals surface area contributed by atoms with E-state index in [1.807, 2.05) is 12.1 Å². The average molecular weight is 364 g/mol. The van der Waals surface area contributed by atoms with E-state index in [0.29, 0.717) is 35.5 Å². The lowest BCUT2D eigenvalue weighted by molar-refractivity contribution is -0.112. The molecule has 1 heterocycles. The van der Waals surface area contributed by atoms with Gasteiger partial charge < -0.3 is 14.5 Å². The van der Waals surface area contributed by atoms with Gasteiger partial charge >= 0.3 is 5.97 Å². The number of hydrogen-bond donors (Lipinski definition) is 1. The highest BCUT2D eigenvalue weighted by Crippen LogP contribution is 2.47. The zero-order valence-corrected chi connectivity index (χ0v) is 15.2. The monoisotopic (exact) mass is 364 g/mol. The molecule has 2 atom stereocenters. The first-order chi connectivity index (χ1) is 13.0. The highest BCUT2D eigenvalue weighted by molar-refractivity contribution is 6.09. The van der Waals surface area contributed by atoms with Gasteiger partial charge in [-0.15, -0.1) is 0 Å². The Hall–Kier alpha value is -3.33. The Labute approximate surface area is 157 Å². The topological polar surface area (TPSA) is 92.3 Å². The summed E-state index contributed by atoms with van der Waals surface area (Å²) in [4.78, 5) is 24.0. The van der Waals surface area contributed by atoms with Crippen molar-refractivity contribution in [2.75, 3.05) is 11.9 Å². The number of rotatable bonds is 6. The summed E-state index contributed by atoms with van der Waals surface area (Å²) < 4.78 is 10.6. The minimum absolute atomic E-state index is 0.0609. The molecule has 3 rings (SSSR count). The number of ether oxygens (including phenoxy) is 1. The van der Waals surface area contributed by atoms with Crippen LogP contribution < -0.4 is 5.32 Å². The molecule has 1 fully saturated rings. The van der Waals surface area contributed by atoms with Crippen LogP contribution in [0.15, 0.2) is 46.4 Å². The summed E-state index contributed by atoms with van der Waals surface area (Å²) >= 11 is 0. The predicted molar refractivity (Wildman–Crippen MR) is 99.8 cm³/mol. The third-order valence-electron chi connectivity index (χ3n) is 4.43. The zero-order valence-electron chi connectivity index (χ0n) is 15.2. The van der Waals surface area contributed by atoms with Crippen LogP contribution in [0.4, 0.5) is 5.69 Å². The van der Waals surface area contributed by atoms with Crippen LogP contribution in [0, 0.1) is 17.2 Å². The second kappa shape index (κ2) is 7.92. The fourth-order valence-electron chi connectivity index (χ4n) is 2.76. The summed E-state index contributed by atoms with van der Waals surface area (Å²) in [6.45, 7) is 4.18. The molecule has 27 heavy (non-hydrogen) atoms. The number of furan rings is 1. The maximum atomic E-state index is 12.3. The lowest BCUT2D eigenvalue weighted by Crippen LogP contribution is -2.13. The van der Waals surface area contributed by atoms with Crippen molar-refractivity contribution in [2.24, 2.45) is 5.92 Å². The number of benzene rings is 1. The van der Waals surface area contributed by atoms with E-state index in [0.717, 1.165) is 12.2 Å². The van der Waals surface area contributed by atoms with Gasteiger partial charge in [-0.3, -0.25) is 4.79 Å². The highest BCUT2D eigenvalue weighted by atomic mass is 16.5. The smallest absolute Gasteiger partial charge is 0.338 e. The molecular weight excluding hydrogens is 344 g/mol. The number of esters is 1. The molecule has 1 amide bonds. The maximum absolute atomic E-state index is 12.3. The molecule has 1 aliphatic carbocycles. The van der Waals surface area contributed by atoms with E-state index >= 15 is 0 Å². The van der Waals surface area contributed by atoms with E-state index in [2.05, 4.69) is 12.2 Å². The van der Waals surface area contributed by atoms with Crippen LogP contribution in [0.25, 0.3) is 6.08 Å². The quantitative estimate of drug-likeness (QED) is 0.473. The molecule has 1 saturated carbocycles. The van der Waals surface area contributed by atoms with E-state index in [9.17, 15) is 14.9 Å². The van der Waals surface area contributed by atoms with Gasteiger partial charge in [-0.2, -0.15) is 5.26 Å². The standard InChI is InChI=1S/C21H20N2O4/c1-3-26-21(25)14-4-6-16(7-5-14)23-20(24)15(12-22)11-17-8-9-19(27-17)18-10-13(18)2/h4-9,11,13,18H,3,10H2,1-2H3,(H,23,24)/b15-11+/t13-,18+/m0/s1. The van der Waals surface area contributed by atoms with Crippen molar-refractivity contribution in [1.29, 1.82) is 5.26 Å². The number of amides is 1. The summed E-state index contributed by atoms with van der Waals surface area (Å²) in [5.41, 5.74) is 0.804. The van der Waals surface area contributed by atoms with Crippen molar-refractivity contribution in [3.63, 3.8) is 0 Å². The number of nitriles is 1. The van der Waals surface area contributed by atoms with Gasteiger partial charge in [-0.25, -0.2) is 4.79 Å². The first-order valence-corrected chi connectivity index (χ1v) is 8.82. The van der Waals surface area contributed by atoms with Gasteiger partial charge in [0.05, 0.1) is 12.2 Å². The molecule has 0 unspecified atom stereocenters. The van der Waals surface area contributed by atoms with E-state index in [1.54, 1.807) is 37.3 Å². The first-order valence-electron chi connectivity index (χ1n) is 8.82. The number of anilines is 1. The molecule has 1 aromatic carbocycles. The normalized spacial score (nSPS) is 18.5. The van der Waals surface area contributed by atoms with Crippen molar-refractivity contribution >= 4 is 23.6 Å². The molecule has 0 radical (unpaired) electrons. The number of nitrogens with zero attached hydrogens (tertiary/aromatic N) is 1. The summed E-state index contributed by atoms with van der Waals surface area (Å²) in [5.74, 6) is 1.45. The number of hydrogen-bond acceptors (Lipinski definition) is 5. The fourth-order valence-corrected chi connectivity index (χ4v) is 2.76. The molecule has 6 nitrogen and oxygen atoms in total. The highest BCUT2D eigenvalue weighted by Gasteiger charge is 2.36. The van der Waals surface area contributed by atoms with Crippen LogP contribution in [0.3, 0.4) is 0 Å². The van der Waals surface area contributed by atoms with Gasteiger partial charge in [-0.1, -0.05) is 6.92 Å². The Balaban J connectivity index is 1.67. The summed E-state index contributed by atoms with van der Waals surface area (Å²) in [6, 6.07) is 11.8. The molecule has 138 valence electrons. The Morgan fingerprint density at radius 1 is 1.30 bits per heavy atom. The van der Waals surface area contributed by atoms with Crippen LogP contribution in [0.2, 0.25) is 0 Å². The SMILES string of the molecule is CCOC(=O)c1ccc(NC(=O)/C(C#N)=C/c2ccc([C@@H]3C[C@@H]3C)o2)cc1. The van der Waals surface area contributed by atoms with Crippen LogP contribution in [0.1, 0.15) is 48.1 Å². The zero-order chi connectivity index (χ0) is 19.4. The Morgan fingerprint density at radius 3 is 2.59 bits per heavy atom. The summed E-state index contributed by atoms with van der Waals surface area (Å²) in [5, 5.41) is 11.9. The minimum atomic E-state index is -0.542. The predicted octanol–water partition coefficient (Wildman–Crippen LogP) is 4.13. The average Bonchev–Trinajstić information content (AvgIpc) is 3.21. The molecule has 2 aromatic rings. The third kappa shape index (κ3) is 4.45. The molecule has 0 spiro atoms. The van der Waals surface area contributed by atoms with Crippen LogP contribution >= 0.6 is 0 Å². The minimum Gasteiger partial charge on any atom is -0.462 e. The summed E-state index contributed by atoms with van der Waals surface area (Å²) in [7, 11) is 0. The van der Waals surface area contributed by atoms with E-state index < -0.39 is 11.9 Å². The van der Waals surface area contributed by atoms with Gasteiger partial charge in [0, 0.05) is 17.7 Å². The Morgan fingerprint density at radius 2 is 2.00 bits per heavy atom. The van der Waals surface area contributed by atoms with Crippen molar-refractivity contribution in [1.82, 2.24) is 0 Å². The van der Waals surface area contributed by atoms with Crippen LogP contribution in [-0.2, 0) is 9.53 Å². The maximum Gasteiger partial charge on any atom is 0.338 e. The van der Waals surface area contributed by atoms with Crippen molar-refractivity contribution < 1.29 is 18.7 Å². The summed E-state index contributed by atoms with van der Waals surface area (Å²) in [6.07, 6.45) is 2.53. The van der Waals surface area contributed by atoms with Gasteiger partial charge in [0.2, 0.25) is 0 Å². The molecular formula is C21H20N2O4. The molecule has 1 N–H and O–H groups in total. The van der Waals surface area contributed by atoms with Gasteiger partial charge in [-0.05, 0) is 55.7 Å². The van der Waals surface area contributed by atoms with Gasteiger partial charge in [0.15, 0.2) is 0 Å². The second-order valence-electron chi connectivity index (χ2n) is 6.48. The second-order valence-corrected chi connectivity index (χ2v) is 6.48. The number of carbonyl (C=O) groups excluding carboxylic acids is 2. The lowest BCUT2D eigenvalue weighted by Gasteiger charge is -2.06. The van der Waals surface area contributed by atoms with E-state index in [-0.39, 0.29) is 5.57 Å². The van der Waals surface area contributed by atoms with Crippen LogP contribution in [0.5, 0.6) is 0 Å². The fraction of sp³-hybridized carbons (Fsp3) is 0.286. The molecule has 0 saturated heterocycles. The Bertz CT molecular complexity index is 918. The number of nitrogens with one attached hydrogen (secondary N) is 1. The molecule has 1 aliphatic rings. The Kier molecular flexibility index (Phi) is 5.41. The lowest BCUT2D eigenvalue weighted by atomic mass is 10.2. The number of carbonyl (C=O) groups is 2. The van der Waals surface area contributed by atoms with Crippen molar-refractivity contribution in [2.45, 2.75) is 26.2 Å². The molecule has 6 heteroatoms. The van der Waals surface area contributed by atoms with Crippen molar-refractivity contribution in [3.8, 4) is 6.07 Å². The van der Waals surface area contributed by atoms with E-state index in [4.69, 9.17) is 9.15 Å². The van der Waals surface area contributed by atoms with Crippen LogP contribution in [-0.4, -0.2) is 18.5 Å². The molecule has 0 aliphatic heterocycles. The first kappa shape index (κ1) is 18.5. The van der Waals surface area contributed by atoms with E-state index in [1.165, 1.54) is 6.08 Å². The van der Waals surface area contributed by atoms with Gasteiger partial charge in [0.25, 0.3) is 5.91 Å². The van der Waals surface area contributed by atoms with Crippen molar-refractivity contribution in [3.05, 3.63) is 59.1 Å². The molecule has 0 bridgehead atoms.